The maximum atomic E-state index is 12.5. The van der Waals surface area contributed by atoms with Gasteiger partial charge in [-0.2, -0.15) is 0 Å². The zero-order valence-electron chi connectivity index (χ0n) is 14.9. The maximum Gasteiger partial charge on any atom is 0.290 e. The van der Waals surface area contributed by atoms with Crippen LogP contribution < -0.4 is 5.32 Å². The number of hydrogen-bond acceptors (Lipinski definition) is 5. The van der Waals surface area contributed by atoms with Crippen LogP contribution in [-0.4, -0.2) is 40.8 Å². The normalized spacial score (nSPS) is 16.7. The number of rotatable bonds is 6. The molecule has 1 unspecified atom stereocenters. The number of furan rings is 1. The van der Waals surface area contributed by atoms with Crippen molar-refractivity contribution in [1.82, 2.24) is 15.2 Å². The highest BCUT2D eigenvalue weighted by Gasteiger charge is 2.35. The van der Waals surface area contributed by atoms with Gasteiger partial charge in [0.2, 0.25) is 5.91 Å². The predicted octanol–water partition coefficient (Wildman–Crippen LogP) is 3.24. The van der Waals surface area contributed by atoms with E-state index in [4.69, 9.17) is 4.42 Å². The summed E-state index contributed by atoms with van der Waals surface area (Å²) in [6, 6.07) is 11.0. The molecule has 4 rings (SSSR count). The van der Waals surface area contributed by atoms with Gasteiger partial charge in [-0.3, -0.25) is 9.59 Å². The van der Waals surface area contributed by atoms with E-state index in [-0.39, 0.29) is 17.6 Å². The van der Waals surface area contributed by atoms with Crippen LogP contribution in [0.15, 0.2) is 47.1 Å². The number of nitrogens with one attached hydrogen (secondary N) is 1. The number of aryl methyl sites for hydroxylation is 1. The smallest absolute Gasteiger partial charge is 0.290 e. The molecular formula is C20H21N3O3S. The van der Waals surface area contributed by atoms with Gasteiger partial charge in [0.25, 0.3) is 5.91 Å². The van der Waals surface area contributed by atoms with Gasteiger partial charge in [0.15, 0.2) is 5.76 Å². The Morgan fingerprint density at radius 1 is 1.26 bits per heavy atom. The molecule has 1 aromatic carbocycles. The third kappa shape index (κ3) is 3.88. The zero-order chi connectivity index (χ0) is 18.6. The van der Waals surface area contributed by atoms with E-state index in [1.807, 2.05) is 18.2 Å². The fourth-order valence-corrected chi connectivity index (χ4v) is 4.43. The summed E-state index contributed by atoms with van der Waals surface area (Å²) in [7, 11) is 0. The van der Waals surface area contributed by atoms with Crippen LogP contribution in [0, 0.1) is 0 Å². The lowest BCUT2D eigenvalue weighted by molar-refractivity contribution is -0.124. The van der Waals surface area contributed by atoms with Crippen LogP contribution in [0.5, 0.6) is 0 Å². The highest BCUT2D eigenvalue weighted by Crippen LogP contribution is 2.23. The van der Waals surface area contributed by atoms with E-state index in [9.17, 15) is 9.59 Å². The van der Waals surface area contributed by atoms with Gasteiger partial charge in [-0.25, -0.2) is 4.98 Å². The van der Waals surface area contributed by atoms with Gasteiger partial charge in [-0.1, -0.05) is 12.1 Å². The van der Waals surface area contributed by atoms with E-state index in [0.29, 0.717) is 19.5 Å². The van der Waals surface area contributed by atoms with Crippen molar-refractivity contribution in [3.8, 4) is 0 Å². The molecule has 0 radical (unpaired) electrons. The van der Waals surface area contributed by atoms with Crippen molar-refractivity contribution in [2.45, 2.75) is 31.7 Å². The fourth-order valence-electron chi connectivity index (χ4n) is 3.42. The molecule has 0 saturated carbocycles. The Kier molecular flexibility index (Phi) is 5.20. The van der Waals surface area contributed by atoms with Crippen molar-refractivity contribution in [2.75, 3.05) is 13.1 Å². The minimum Gasteiger partial charge on any atom is -0.459 e. The third-order valence-corrected chi connectivity index (χ3v) is 5.85. The second-order valence-corrected chi connectivity index (χ2v) is 7.72. The van der Waals surface area contributed by atoms with Crippen molar-refractivity contribution in [3.05, 3.63) is 53.4 Å². The van der Waals surface area contributed by atoms with Crippen LogP contribution in [-0.2, 0) is 11.2 Å². The lowest BCUT2D eigenvalue weighted by Crippen LogP contribution is -2.46. The van der Waals surface area contributed by atoms with Crippen molar-refractivity contribution >= 4 is 33.4 Å². The fraction of sp³-hybridized carbons (Fsp3) is 0.350. The van der Waals surface area contributed by atoms with Gasteiger partial charge in [0.05, 0.1) is 21.5 Å². The first-order chi connectivity index (χ1) is 13.2. The van der Waals surface area contributed by atoms with Crippen molar-refractivity contribution < 1.29 is 14.0 Å². The van der Waals surface area contributed by atoms with Crippen LogP contribution in [0.1, 0.15) is 34.8 Å². The Morgan fingerprint density at radius 2 is 2.15 bits per heavy atom. The number of nitrogens with zero attached hydrogens (tertiary/aromatic N) is 2. The topological polar surface area (TPSA) is 75.4 Å². The summed E-state index contributed by atoms with van der Waals surface area (Å²) in [5, 5.41) is 4.06. The van der Waals surface area contributed by atoms with E-state index in [1.165, 1.54) is 11.0 Å². The van der Waals surface area contributed by atoms with Crippen molar-refractivity contribution in [1.29, 1.82) is 0 Å². The molecule has 1 saturated heterocycles. The summed E-state index contributed by atoms with van der Waals surface area (Å²) in [4.78, 5) is 31.2. The number of carbonyl (C=O) groups is 2. The molecule has 1 fully saturated rings. The number of likely N-dealkylation sites (tertiary alicyclic amines) is 1. The number of para-hydroxylation sites is 1. The number of amides is 2. The Labute approximate surface area is 161 Å². The number of fused-ring (bicyclic) bond motifs is 1. The van der Waals surface area contributed by atoms with Crippen LogP contribution in [0.2, 0.25) is 0 Å². The maximum absolute atomic E-state index is 12.5. The summed E-state index contributed by atoms with van der Waals surface area (Å²) in [6.07, 6.45) is 4.65. The quantitative estimate of drug-likeness (QED) is 0.663. The van der Waals surface area contributed by atoms with Gasteiger partial charge in [0.1, 0.15) is 6.04 Å². The van der Waals surface area contributed by atoms with Crippen molar-refractivity contribution in [3.63, 3.8) is 0 Å². The monoisotopic (exact) mass is 383 g/mol. The summed E-state index contributed by atoms with van der Waals surface area (Å²) in [6.45, 7) is 1.16. The Balaban J connectivity index is 1.28. The predicted molar refractivity (Wildman–Crippen MR) is 104 cm³/mol. The number of hydrogen-bond donors (Lipinski definition) is 1. The van der Waals surface area contributed by atoms with E-state index >= 15 is 0 Å². The average molecular weight is 383 g/mol. The number of carbonyl (C=O) groups excluding carboxylic acids is 2. The van der Waals surface area contributed by atoms with Crippen LogP contribution in [0.25, 0.3) is 10.2 Å². The van der Waals surface area contributed by atoms with Crippen LogP contribution in [0.4, 0.5) is 0 Å². The Bertz CT molecular complexity index is 902. The molecule has 3 heterocycles. The van der Waals surface area contributed by atoms with Gasteiger partial charge >= 0.3 is 0 Å². The molecule has 2 aromatic heterocycles. The molecule has 7 heteroatoms. The molecule has 27 heavy (non-hydrogen) atoms. The highest BCUT2D eigenvalue weighted by molar-refractivity contribution is 7.18. The molecule has 140 valence electrons. The highest BCUT2D eigenvalue weighted by atomic mass is 32.1. The molecule has 1 aliphatic heterocycles. The first-order valence-corrected chi connectivity index (χ1v) is 10.0. The summed E-state index contributed by atoms with van der Waals surface area (Å²) in [5.41, 5.74) is 1.03. The summed E-state index contributed by atoms with van der Waals surface area (Å²) in [5.74, 6) is -0.0191. The molecule has 1 atom stereocenters. The van der Waals surface area contributed by atoms with E-state index in [2.05, 4.69) is 16.4 Å². The number of aromatic nitrogens is 1. The van der Waals surface area contributed by atoms with E-state index in [0.717, 1.165) is 29.8 Å². The number of benzene rings is 1. The van der Waals surface area contributed by atoms with E-state index < -0.39 is 6.04 Å². The molecule has 0 spiro atoms. The molecular weight excluding hydrogens is 362 g/mol. The molecule has 2 amide bonds. The molecule has 0 bridgehead atoms. The van der Waals surface area contributed by atoms with Crippen molar-refractivity contribution in [2.24, 2.45) is 0 Å². The zero-order valence-corrected chi connectivity index (χ0v) is 15.7. The number of thiazole rings is 1. The standard InChI is InChI=1S/C20H21N3O3S/c24-19(15-7-4-12-23(15)20(25)16-8-5-13-26-16)21-11-3-10-18-22-14-6-1-2-9-17(14)27-18/h1-2,5-6,8-9,13,15H,3-4,7,10-12H2,(H,21,24). The third-order valence-electron chi connectivity index (χ3n) is 4.75. The van der Waals surface area contributed by atoms with Gasteiger partial charge < -0.3 is 14.6 Å². The SMILES string of the molecule is O=C(NCCCc1nc2ccccc2s1)C1CCCN1C(=O)c1ccco1. The Hall–Kier alpha value is -2.67. The van der Waals surface area contributed by atoms with Gasteiger partial charge in [0, 0.05) is 19.5 Å². The largest absolute Gasteiger partial charge is 0.459 e. The molecule has 3 aromatic rings. The van der Waals surface area contributed by atoms with Crippen LogP contribution in [0.3, 0.4) is 0 Å². The molecule has 1 aliphatic rings. The minimum absolute atomic E-state index is 0.0864. The second kappa shape index (κ2) is 7.92. The lowest BCUT2D eigenvalue weighted by atomic mass is 10.2. The molecule has 0 aliphatic carbocycles. The van der Waals surface area contributed by atoms with E-state index in [1.54, 1.807) is 28.4 Å². The Morgan fingerprint density at radius 3 is 2.96 bits per heavy atom. The summed E-state index contributed by atoms with van der Waals surface area (Å²) < 4.78 is 6.37. The van der Waals surface area contributed by atoms with Gasteiger partial charge in [-0.05, 0) is 43.5 Å². The minimum atomic E-state index is -0.412. The molecule has 1 N–H and O–H groups in total. The summed E-state index contributed by atoms with van der Waals surface area (Å²) >= 11 is 1.70. The van der Waals surface area contributed by atoms with Gasteiger partial charge in [-0.15, -0.1) is 11.3 Å². The lowest BCUT2D eigenvalue weighted by Gasteiger charge is -2.23. The second-order valence-electron chi connectivity index (χ2n) is 6.60. The first kappa shape index (κ1) is 17.7. The molecule has 6 nitrogen and oxygen atoms in total. The first-order valence-electron chi connectivity index (χ1n) is 9.19. The average Bonchev–Trinajstić information content (AvgIpc) is 3.44. The van der Waals surface area contributed by atoms with Crippen LogP contribution >= 0.6 is 11.3 Å².